The monoisotopic (exact) mass is 463 g/mol. The summed E-state index contributed by atoms with van der Waals surface area (Å²) in [6.07, 6.45) is 4.39. The summed E-state index contributed by atoms with van der Waals surface area (Å²) in [6.45, 7) is 3.57. The van der Waals surface area contributed by atoms with Crippen molar-refractivity contribution in [2.24, 2.45) is 4.99 Å². The number of hydrogen-bond acceptors (Lipinski definition) is 5. The Bertz CT molecular complexity index is 504. The van der Waals surface area contributed by atoms with E-state index in [1.807, 2.05) is 31.3 Å². The van der Waals surface area contributed by atoms with Crippen molar-refractivity contribution in [3.05, 3.63) is 23.9 Å². The van der Waals surface area contributed by atoms with Crippen LogP contribution in [0.4, 0.5) is 5.82 Å². The molecule has 1 aromatic heterocycles. The predicted molar refractivity (Wildman–Crippen MR) is 112 cm³/mol. The summed E-state index contributed by atoms with van der Waals surface area (Å²) in [5.41, 5.74) is 1.07. The Morgan fingerprint density at radius 3 is 2.84 bits per heavy atom. The molecule has 7 nitrogen and oxygen atoms in total. The van der Waals surface area contributed by atoms with Gasteiger partial charge in [0.05, 0.1) is 19.3 Å². The van der Waals surface area contributed by atoms with Gasteiger partial charge in [0.2, 0.25) is 0 Å². The second-order valence-corrected chi connectivity index (χ2v) is 6.02. The van der Waals surface area contributed by atoms with Gasteiger partial charge in [-0.05, 0) is 24.5 Å². The van der Waals surface area contributed by atoms with Gasteiger partial charge in [-0.3, -0.25) is 0 Å². The van der Waals surface area contributed by atoms with Crippen molar-refractivity contribution in [2.75, 3.05) is 52.4 Å². The van der Waals surface area contributed by atoms with Crippen LogP contribution in [0, 0.1) is 0 Å². The van der Waals surface area contributed by atoms with E-state index >= 15 is 0 Å². The van der Waals surface area contributed by atoms with Crippen LogP contribution < -0.4 is 15.5 Å². The van der Waals surface area contributed by atoms with E-state index in [1.165, 1.54) is 0 Å². The highest BCUT2D eigenvalue weighted by Gasteiger charge is 2.15. The van der Waals surface area contributed by atoms with Gasteiger partial charge in [0.25, 0.3) is 0 Å². The standard InChI is InChI=1S/C17H29N5O2.HI/c1-22(2)16-7-6-14(11-19-16)12-20-17(18-8-10-23-3)21-13-15-5-4-9-24-15;/h6-7,11,15H,4-5,8-10,12-13H2,1-3H3,(H2,18,20,21);1H. The second kappa shape index (κ2) is 12.3. The van der Waals surface area contributed by atoms with Gasteiger partial charge in [0.15, 0.2) is 5.96 Å². The fourth-order valence-corrected chi connectivity index (χ4v) is 2.41. The van der Waals surface area contributed by atoms with Gasteiger partial charge >= 0.3 is 0 Å². The number of guanidine groups is 1. The molecule has 0 spiro atoms. The number of nitrogens with one attached hydrogen (secondary N) is 2. The molecule has 2 heterocycles. The molecule has 0 radical (unpaired) electrons. The normalized spacial score (nSPS) is 17.1. The second-order valence-electron chi connectivity index (χ2n) is 6.02. The summed E-state index contributed by atoms with van der Waals surface area (Å²) in [6, 6.07) is 4.06. The molecule has 1 aromatic rings. The van der Waals surface area contributed by atoms with Crippen LogP contribution in [-0.2, 0) is 16.0 Å². The number of anilines is 1. The molecule has 1 aliphatic heterocycles. The summed E-state index contributed by atoms with van der Waals surface area (Å²) >= 11 is 0. The number of nitrogens with zero attached hydrogens (tertiary/aromatic N) is 3. The van der Waals surface area contributed by atoms with Crippen LogP contribution in [-0.4, -0.2) is 64.6 Å². The highest BCUT2D eigenvalue weighted by Crippen LogP contribution is 2.11. The van der Waals surface area contributed by atoms with Gasteiger partial charge in [-0.15, -0.1) is 24.0 Å². The molecule has 1 aliphatic rings. The van der Waals surface area contributed by atoms with Gasteiger partial charge in [0, 0.05) is 47.1 Å². The molecule has 0 aromatic carbocycles. The van der Waals surface area contributed by atoms with Crippen molar-refractivity contribution in [3.8, 4) is 0 Å². The maximum absolute atomic E-state index is 5.64. The Balaban J connectivity index is 0.00000312. The van der Waals surface area contributed by atoms with Crippen LogP contribution in [0.1, 0.15) is 18.4 Å². The summed E-state index contributed by atoms with van der Waals surface area (Å²) < 4.78 is 10.7. The molecule has 1 atom stereocenters. The van der Waals surface area contributed by atoms with E-state index in [4.69, 9.17) is 9.47 Å². The number of pyridine rings is 1. The molecule has 25 heavy (non-hydrogen) atoms. The SMILES string of the molecule is COCCNC(=NCc1ccc(N(C)C)nc1)NCC1CCCO1.I. The number of hydrogen-bond donors (Lipinski definition) is 2. The Kier molecular flexibility index (Phi) is 10.7. The van der Waals surface area contributed by atoms with Crippen LogP contribution in [0.15, 0.2) is 23.3 Å². The highest BCUT2D eigenvalue weighted by atomic mass is 127. The number of halogens is 1. The van der Waals surface area contributed by atoms with Crippen molar-refractivity contribution in [2.45, 2.75) is 25.5 Å². The average Bonchev–Trinajstić information content (AvgIpc) is 3.11. The largest absolute Gasteiger partial charge is 0.383 e. The van der Waals surface area contributed by atoms with Crippen molar-refractivity contribution in [3.63, 3.8) is 0 Å². The van der Waals surface area contributed by atoms with E-state index < -0.39 is 0 Å². The van der Waals surface area contributed by atoms with Gasteiger partial charge < -0.3 is 25.0 Å². The lowest BCUT2D eigenvalue weighted by molar-refractivity contribution is 0.113. The first-order chi connectivity index (χ1) is 11.7. The first-order valence-corrected chi connectivity index (χ1v) is 8.44. The Hall–Kier alpha value is -1.13. The molecule has 0 saturated carbocycles. The predicted octanol–water partition coefficient (Wildman–Crippen LogP) is 1.63. The third-order valence-corrected chi connectivity index (χ3v) is 3.81. The molecular formula is C17H30IN5O2. The molecule has 142 valence electrons. The van der Waals surface area contributed by atoms with Crippen LogP contribution >= 0.6 is 24.0 Å². The summed E-state index contributed by atoms with van der Waals surface area (Å²) in [5, 5.41) is 6.62. The zero-order valence-corrected chi connectivity index (χ0v) is 17.7. The van der Waals surface area contributed by atoms with E-state index in [0.717, 1.165) is 43.3 Å². The van der Waals surface area contributed by atoms with E-state index in [0.29, 0.717) is 19.7 Å². The third kappa shape index (κ3) is 8.19. The van der Waals surface area contributed by atoms with Crippen molar-refractivity contribution in [1.82, 2.24) is 15.6 Å². The number of ether oxygens (including phenoxy) is 2. The van der Waals surface area contributed by atoms with Crippen LogP contribution in [0.2, 0.25) is 0 Å². The van der Waals surface area contributed by atoms with E-state index in [1.54, 1.807) is 7.11 Å². The Morgan fingerprint density at radius 2 is 2.24 bits per heavy atom. The summed E-state index contributed by atoms with van der Waals surface area (Å²) in [5.74, 6) is 1.72. The molecule has 0 amide bonds. The quantitative estimate of drug-likeness (QED) is 0.264. The number of aliphatic imine (C=N–C) groups is 1. The Labute approximate surface area is 167 Å². The molecule has 1 fully saturated rings. The summed E-state index contributed by atoms with van der Waals surface area (Å²) in [4.78, 5) is 11.0. The fourth-order valence-electron chi connectivity index (χ4n) is 2.41. The lowest BCUT2D eigenvalue weighted by Crippen LogP contribution is -2.42. The summed E-state index contributed by atoms with van der Waals surface area (Å²) in [7, 11) is 5.65. The number of methoxy groups -OCH3 is 1. The van der Waals surface area contributed by atoms with Crippen LogP contribution in [0.3, 0.4) is 0 Å². The molecule has 0 bridgehead atoms. The zero-order valence-electron chi connectivity index (χ0n) is 15.3. The zero-order chi connectivity index (χ0) is 17.2. The minimum Gasteiger partial charge on any atom is -0.383 e. The lowest BCUT2D eigenvalue weighted by Gasteiger charge is -2.15. The van der Waals surface area contributed by atoms with E-state index in [2.05, 4.69) is 26.7 Å². The average molecular weight is 463 g/mol. The highest BCUT2D eigenvalue weighted by molar-refractivity contribution is 14.0. The van der Waals surface area contributed by atoms with Crippen molar-refractivity contribution >= 4 is 35.8 Å². The van der Waals surface area contributed by atoms with E-state index in [9.17, 15) is 0 Å². The Morgan fingerprint density at radius 1 is 1.40 bits per heavy atom. The number of rotatable bonds is 8. The molecular weight excluding hydrogens is 433 g/mol. The van der Waals surface area contributed by atoms with Gasteiger partial charge in [-0.1, -0.05) is 6.07 Å². The molecule has 2 N–H and O–H groups in total. The van der Waals surface area contributed by atoms with Gasteiger partial charge in [0.1, 0.15) is 5.82 Å². The van der Waals surface area contributed by atoms with Crippen LogP contribution in [0.25, 0.3) is 0 Å². The first kappa shape index (κ1) is 21.9. The van der Waals surface area contributed by atoms with Crippen molar-refractivity contribution in [1.29, 1.82) is 0 Å². The van der Waals surface area contributed by atoms with Gasteiger partial charge in [-0.2, -0.15) is 0 Å². The van der Waals surface area contributed by atoms with E-state index in [-0.39, 0.29) is 30.1 Å². The molecule has 0 aliphatic carbocycles. The molecule has 2 rings (SSSR count). The van der Waals surface area contributed by atoms with Gasteiger partial charge in [-0.25, -0.2) is 9.98 Å². The van der Waals surface area contributed by atoms with Crippen molar-refractivity contribution < 1.29 is 9.47 Å². The minimum absolute atomic E-state index is 0. The molecule has 1 saturated heterocycles. The maximum atomic E-state index is 5.64. The van der Waals surface area contributed by atoms with Crippen LogP contribution in [0.5, 0.6) is 0 Å². The maximum Gasteiger partial charge on any atom is 0.191 e. The minimum atomic E-state index is 0. The smallest absolute Gasteiger partial charge is 0.191 e. The molecule has 8 heteroatoms. The third-order valence-electron chi connectivity index (χ3n) is 3.81. The topological polar surface area (TPSA) is 71.0 Å². The number of aromatic nitrogens is 1. The first-order valence-electron chi connectivity index (χ1n) is 8.44. The lowest BCUT2D eigenvalue weighted by atomic mass is 10.2. The molecule has 1 unspecified atom stereocenters. The fraction of sp³-hybridized carbons (Fsp3) is 0.647.